The zero-order valence-corrected chi connectivity index (χ0v) is 20.3. The number of rotatable bonds is 10. The number of methoxy groups -OCH3 is 1. The molecule has 1 saturated heterocycles. The summed E-state index contributed by atoms with van der Waals surface area (Å²) in [6, 6.07) is 2.98. The molecule has 190 valence electrons. The van der Waals surface area contributed by atoms with Crippen molar-refractivity contribution >= 4 is 41.2 Å². The van der Waals surface area contributed by atoms with Gasteiger partial charge in [0.25, 0.3) is 5.91 Å². The smallest absolute Gasteiger partial charge is 0.272 e. The number of nitrogens with one attached hydrogen (secondary N) is 5. The molecule has 0 saturated carbocycles. The van der Waals surface area contributed by atoms with Gasteiger partial charge < -0.3 is 31.0 Å². The molecule has 0 spiro atoms. The molecule has 10 nitrogen and oxygen atoms in total. The third-order valence-electron chi connectivity index (χ3n) is 5.28. The molecule has 1 atom stereocenters. The first-order chi connectivity index (χ1) is 17.3. The van der Waals surface area contributed by atoms with Gasteiger partial charge >= 0.3 is 0 Å². The molecule has 36 heavy (non-hydrogen) atoms. The van der Waals surface area contributed by atoms with Crippen molar-refractivity contribution < 1.29 is 18.3 Å². The van der Waals surface area contributed by atoms with Crippen LogP contribution in [0.15, 0.2) is 48.1 Å². The Morgan fingerprint density at radius 2 is 2.14 bits per heavy atom. The molecule has 0 radical (unpaired) electrons. The summed E-state index contributed by atoms with van der Waals surface area (Å²) in [5.74, 6) is -1.64. The number of amides is 1. The molecule has 2 heterocycles. The summed E-state index contributed by atoms with van der Waals surface area (Å²) < 4.78 is 32.2. The third-order valence-corrected chi connectivity index (χ3v) is 5.56. The minimum absolute atomic E-state index is 0.00300. The van der Waals surface area contributed by atoms with Crippen molar-refractivity contribution in [1.29, 1.82) is 10.8 Å². The number of anilines is 2. The van der Waals surface area contributed by atoms with Crippen LogP contribution >= 0.6 is 11.6 Å². The molecule has 0 bridgehead atoms. The quantitative estimate of drug-likeness (QED) is 0.304. The number of allylic oxidation sites excluding steroid dienone is 1. The highest BCUT2D eigenvalue weighted by atomic mass is 35.5. The van der Waals surface area contributed by atoms with Gasteiger partial charge in [0.15, 0.2) is 17.5 Å². The van der Waals surface area contributed by atoms with Gasteiger partial charge in [-0.25, -0.2) is 13.8 Å². The average molecular weight is 519 g/mol. The number of benzene rings is 1. The Bertz CT molecular complexity index is 1220. The van der Waals surface area contributed by atoms with Crippen molar-refractivity contribution in [3.05, 3.63) is 70.3 Å². The van der Waals surface area contributed by atoms with Gasteiger partial charge in [0.2, 0.25) is 5.95 Å². The van der Waals surface area contributed by atoms with Crippen molar-refractivity contribution in [3.63, 3.8) is 0 Å². The minimum atomic E-state index is -1.01. The number of aromatic nitrogens is 2. The van der Waals surface area contributed by atoms with Crippen molar-refractivity contribution in [2.45, 2.75) is 19.0 Å². The van der Waals surface area contributed by atoms with Gasteiger partial charge in [0.1, 0.15) is 16.6 Å². The Balaban J connectivity index is 1.80. The van der Waals surface area contributed by atoms with Crippen LogP contribution in [-0.4, -0.2) is 59.5 Å². The maximum Gasteiger partial charge on any atom is 0.272 e. The third kappa shape index (κ3) is 6.40. The van der Waals surface area contributed by atoms with Crippen molar-refractivity contribution in [3.8, 4) is 0 Å². The molecular weight excluding hydrogens is 494 g/mol. The summed E-state index contributed by atoms with van der Waals surface area (Å²) >= 11 is 6.21. The van der Waals surface area contributed by atoms with E-state index in [2.05, 4.69) is 25.9 Å². The molecule has 1 fully saturated rings. The van der Waals surface area contributed by atoms with E-state index in [9.17, 15) is 13.6 Å². The van der Waals surface area contributed by atoms with Gasteiger partial charge in [-0.1, -0.05) is 17.7 Å². The number of nitrogens with zero attached hydrogens (tertiary/aromatic N) is 3. The van der Waals surface area contributed by atoms with Gasteiger partial charge in [-0.3, -0.25) is 10.2 Å². The second kappa shape index (κ2) is 12.2. The Morgan fingerprint density at radius 3 is 2.81 bits per heavy atom. The number of hydrogen-bond donors (Lipinski definition) is 5. The molecule has 1 aromatic carbocycles. The first kappa shape index (κ1) is 26.7. The van der Waals surface area contributed by atoms with Crippen LogP contribution in [-0.2, 0) is 16.1 Å². The van der Waals surface area contributed by atoms with Crippen LogP contribution in [0, 0.1) is 22.5 Å². The van der Waals surface area contributed by atoms with Crippen molar-refractivity contribution in [1.82, 2.24) is 20.2 Å². The molecule has 0 unspecified atom stereocenters. The molecule has 0 aliphatic carbocycles. The SMILES string of the molecule is CN/C(=C\C=N)Nc1ncc(Cl)c(N/C=C2/C[C@H](COC)N(Cc3ccc(F)c(F)c3)C(=O)C2=N)n1. The van der Waals surface area contributed by atoms with Crippen LogP contribution in [0.4, 0.5) is 20.5 Å². The van der Waals surface area contributed by atoms with Crippen LogP contribution < -0.4 is 16.0 Å². The largest absolute Gasteiger partial charge is 0.383 e. The van der Waals surface area contributed by atoms with E-state index < -0.39 is 23.6 Å². The van der Waals surface area contributed by atoms with E-state index in [-0.39, 0.29) is 42.1 Å². The van der Waals surface area contributed by atoms with Crippen molar-refractivity contribution in [2.24, 2.45) is 0 Å². The van der Waals surface area contributed by atoms with E-state index >= 15 is 0 Å². The number of piperidine rings is 1. The molecule has 1 aliphatic heterocycles. The lowest BCUT2D eigenvalue weighted by molar-refractivity contribution is -0.129. The molecule has 3 rings (SSSR count). The van der Waals surface area contributed by atoms with Crippen LogP contribution in [0.25, 0.3) is 0 Å². The lowest BCUT2D eigenvalue weighted by Gasteiger charge is -2.36. The van der Waals surface area contributed by atoms with E-state index in [0.29, 0.717) is 17.0 Å². The summed E-state index contributed by atoms with van der Waals surface area (Å²) in [5, 5.41) is 24.5. The van der Waals surface area contributed by atoms with Gasteiger partial charge in [-0.15, -0.1) is 0 Å². The Labute approximate surface area is 211 Å². The Hall–Kier alpha value is -3.90. The van der Waals surface area contributed by atoms with Gasteiger partial charge in [0.05, 0.1) is 18.8 Å². The summed E-state index contributed by atoms with van der Waals surface area (Å²) in [7, 11) is 3.16. The second-order valence-corrected chi connectivity index (χ2v) is 8.10. The molecular formula is C23H25ClF2N8O2. The van der Waals surface area contributed by atoms with E-state index in [1.807, 2.05) is 0 Å². The van der Waals surface area contributed by atoms with Crippen molar-refractivity contribution in [2.75, 3.05) is 31.4 Å². The minimum Gasteiger partial charge on any atom is -0.383 e. The standard InChI is InChI=1S/C23H25ClF2N8O2/c1-29-19(5-6-27)32-23-31-10-16(24)21(33-23)30-9-14-8-15(12-36-2)34(22(35)20(14)28)11-13-3-4-17(25)18(26)7-13/h3-7,9-10,15,27-29H,8,11-12H2,1-2H3,(H2,30,31,32,33)/b14-9-,19-5+,27-6?,28-20?/t15-/m1/s1. The Morgan fingerprint density at radius 1 is 1.36 bits per heavy atom. The molecule has 1 aromatic heterocycles. The van der Waals surface area contributed by atoms with E-state index in [4.69, 9.17) is 27.2 Å². The lowest BCUT2D eigenvalue weighted by Crippen LogP contribution is -2.50. The number of halogens is 3. The highest BCUT2D eigenvalue weighted by Gasteiger charge is 2.35. The predicted molar refractivity (Wildman–Crippen MR) is 133 cm³/mol. The summed E-state index contributed by atoms with van der Waals surface area (Å²) in [6.45, 7) is 0.172. The fourth-order valence-electron chi connectivity index (χ4n) is 3.50. The second-order valence-electron chi connectivity index (χ2n) is 7.70. The molecule has 13 heteroatoms. The highest BCUT2D eigenvalue weighted by molar-refractivity contribution is 6.44. The average Bonchev–Trinajstić information content (AvgIpc) is 2.86. The fourth-order valence-corrected chi connectivity index (χ4v) is 3.64. The summed E-state index contributed by atoms with van der Waals surface area (Å²) in [6.07, 6.45) is 5.70. The van der Waals surface area contributed by atoms with E-state index in [0.717, 1.165) is 18.3 Å². The van der Waals surface area contributed by atoms with Crippen LogP contribution in [0.1, 0.15) is 12.0 Å². The van der Waals surface area contributed by atoms with Crippen LogP contribution in [0.3, 0.4) is 0 Å². The first-order valence-corrected chi connectivity index (χ1v) is 11.1. The molecule has 5 N–H and O–H groups in total. The van der Waals surface area contributed by atoms with E-state index in [1.165, 1.54) is 36.5 Å². The number of ether oxygens (including phenoxy) is 1. The maximum absolute atomic E-state index is 13.7. The zero-order chi connectivity index (χ0) is 26.2. The molecule has 1 aliphatic rings. The molecule has 2 aromatic rings. The maximum atomic E-state index is 13.7. The fraction of sp³-hybridized carbons (Fsp3) is 0.261. The monoisotopic (exact) mass is 518 g/mol. The zero-order valence-electron chi connectivity index (χ0n) is 19.5. The summed E-state index contributed by atoms with van der Waals surface area (Å²) in [4.78, 5) is 22.8. The van der Waals surface area contributed by atoms with Gasteiger partial charge in [0, 0.05) is 38.7 Å². The topological polar surface area (TPSA) is 139 Å². The Kier molecular flexibility index (Phi) is 9.03. The van der Waals surface area contributed by atoms with Crippen LogP contribution in [0.2, 0.25) is 5.02 Å². The predicted octanol–water partition coefficient (Wildman–Crippen LogP) is 3.29. The number of carbonyl (C=O) groups is 1. The molecule has 1 amide bonds. The summed E-state index contributed by atoms with van der Waals surface area (Å²) in [5.41, 5.74) is 0.534. The first-order valence-electron chi connectivity index (χ1n) is 10.7. The number of likely N-dealkylation sites (tertiary alicyclic amines) is 1. The van der Waals surface area contributed by atoms with E-state index in [1.54, 1.807) is 7.05 Å². The number of carbonyl (C=O) groups excluding carboxylic acids is 1. The normalized spacial score (nSPS) is 17.4. The highest BCUT2D eigenvalue weighted by Crippen LogP contribution is 2.26. The van der Waals surface area contributed by atoms with Gasteiger partial charge in [-0.05, 0) is 30.2 Å². The lowest BCUT2D eigenvalue weighted by atomic mass is 9.94. The van der Waals surface area contributed by atoms with Gasteiger partial charge in [-0.2, -0.15) is 4.98 Å². The number of hydrogen-bond acceptors (Lipinski definition) is 9. The van der Waals surface area contributed by atoms with Crippen LogP contribution in [0.5, 0.6) is 0 Å².